The van der Waals surface area contributed by atoms with Crippen LogP contribution in [0.3, 0.4) is 0 Å². The second-order valence-corrected chi connectivity index (χ2v) is 7.27. The number of amides is 2. The molecule has 7 heteroatoms. The molecule has 1 aromatic rings. The van der Waals surface area contributed by atoms with Crippen LogP contribution in [0.4, 0.5) is 0 Å². The van der Waals surface area contributed by atoms with Crippen molar-refractivity contribution in [2.45, 2.75) is 34.2 Å². The Morgan fingerprint density at radius 1 is 1.30 bits per heavy atom. The van der Waals surface area contributed by atoms with Crippen molar-refractivity contribution in [3.63, 3.8) is 0 Å². The summed E-state index contributed by atoms with van der Waals surface area (Å²) in [6, 6.07) is 0. The number of nitrogens with zero attached hydrogens (tertiary/aromatic N) is 2. The largest absolute Gasteiger partial charge is 0.375 e. The Kier molecular flexibility index (Phi) is 8.19. The highest BCUT2D eigenvalue weighted by Gasteiger charge is 2.18. The summed E-state index contributed by atoms with van der Waals surface area (Å²) in [5.41, 5.74) is 0.411. The minimum Gasteiger partial charge on any atom is -0.375 e. The molecule has 0 fully saturated rings. The standard InChI is InChI=1S/C16H27N3O3S/c1-11(2)6-17-16(21)13-10-23-14(18-13)8-19(7-12(3)4)15(20)9-22-5/h10-12H,6-9H2,1-5H3,(H,17,21). The molecule has 0 saturated carbocycles. The summed E-state index contributed by atoms with van der Waals surface area (Å²) >= 11 is 1.40. The van der Waals surface area contributed by atoms with Crippen LogP contribution in [0.2, 0.25) is 0 Å². The summed E-state index contributed by atoms with van der Waals surface area (Å²) in [6.07, 6.45) is 0. The van der Waals surface area contributed by atoms with Crippen LogP contribution in [0.5, 0.6) is 0 Å². The summed E-state index contributed by atoms with van der Waals surface area (Å²) in [5, 5.41) is 5.33. The lowest BCUT2D eigenvalue weighted by Gasteiger charge is -2.23. The lowest BCUT2D eigenvalue weighted by molar-refractivity contribution is -0.136. The van der Waals surface area contributed by atoms with Crippen LogP contribution in [0.25, 0.3) is 0 Å². The average Bonchev–Trinajstić information content (AvgIpc) is 2.92. The number of nitrogens with one attached hydrogen (secondary N) is 1. The first-order chi connectivity index (χ1) is 10.8. The van der Waals surface area contributed by atoms with Gasteiger partial charge in [0.15, 0.2) is 0 Å². The van der Waals surface area contributed by atoms with Gasteiger partial charge >= 0.3 is 0 Å². The number of hydrogen-bond donors (Lipinski definition) is 1. The van der Waals surface area contributed by atoms with Gasteiger partial charge in [-0.05, 0) is 11.8 Å². The quantitative estimate of drug-likeness (QED) is 0.747. The van der Waals surface area contributed by atoms with Crippen molar-refractivity contribution in [2.75, 3.05) is 26.8 Å². The molecule has 0 atom stereocenters. The fourth-order valence-electron chi connectivity index (χ4n) is 1.95. The van der Waals surface area contributed by atoms with E-state index in [0.717, 1.165) is 5.01 Å². The molecule has 0 aliphatic carbocycles. The zero-order chi connectivity index (χ0) is 17.4. The first-order valence-electron chi connectivity index (χ1n) is 7.82. The van der Waals surface area contributed by atoms with Gasteiger partial charge in [0.2, 0.25) is 5.91 Å². The topological polar surface area (TPSA) is 71.5 Å². The van der Waals surface area contributed by atoms with Gasteiger partial charge in [-0.2, -0.15) is 0 Å². The molecule has 0 radical (unpaired) electrons. The molecule has 6 nitrogen and oxygen atoms in total. The van der Waals surface area contributed by atoms with Crippen LogP contribution >= 0.6 is 11.3 Å². The second kappa shape index (κ2) is 9.62. The lowest BCUT2D eigenvalue weighted by Crippen LogP contribution is -2.36. The third-order valence-corrected chi connectivity index (χ3v) is 3.82. The number of aromatic nitrogens is 1. The molecule has 1 N–H and O–H groups in total. The van der Waals surface area contributed by atoms with Crippen molar-refractivity contribution in [3.8, 4) is 0 Å². The summed E-state index contributed by atoms with van der Waals surface area (Å²) in [7, 11) is 1.51. The Labute approximate surface area is 142 Å². The molecule has 0 aliphatic rings. The molecule has 0 saturated heterocycles. The maximum absolute atomic E-state index is 12.1. The summed E-state index contributed by atoms with van der Waals surface area (Å²) in [5.74, 6) is 0.511. The van der Waals surface area contributed by atoms with Crippen LogP contribution in [-0.4, -0.2) is 48.5 Å². The zero-order valence-electron chi connectivity index (χ0n) is 14.6. The van der Waals surface area contributed by atoms with Gasteiger partial charge < -0.3 is 15.0 Å². The Bertz CT molecular complexity index is 514. The Hall–Kier alpha value is -1.47. The molecule has 1 rings (SSSR count). The molecule has 0 unspecified atom stereocenters. The van der Waals surface area contributed by atoms with Crippen LogP contribution < -0.4 is 5.32 Å². The summed E-state index contributed by atoms with van der Waals surface area (Å²) < 4.78 is 4.93. The van der Waals surface area contributed by atoms with Crippen LogP contribution in [0, 0.1) is 11.8 Å². The fraction of sp³-hybridized carbons (Fsp3) is 0.688. The van der Waals surface area contributed by atoms with E-state index in [4.69, 9.17) is 4.74 Å². The minimum absolute atomic E-state index is 0.0554. The van der Waals surface area contributed by atoms with Crippen molar-refractivity contribution >= 4 is 23.2 Å². The molecular weight excluding hydrogens is 314 g/mol. The van der Waals surface area contributed by atoms with Crippen LogP contribution in [0.15, 0.2) is 5.38 Å². The maximum Gasteiger partial charge on any atom is 0.270 e. The van der Waals surface area contributed by atoms with Crippen LogP contribution in [-0.2, 0) is 16.1 Å². The predicted octanol–water partition coefficient (Wildman–Crippen LogP) is 2.16. The van der Waals surface area contributed by atoms with Crippen molar-refractivity contribution in [2.24, 2.45) is 11.8 Å². The Balaban J connectivity index is 2.70. The molecule has 0 bridgehead atoms. The number of hydrogen-bond acceptors (Lipinski definition) is 5. The van der Waals surface area contributed by atoms with E-state index >= 15 is 0 Å². The van der Waals surface area contributed by atoms with Gasteiger partial charge in [0.05, 0.1) is 6.54 Å². The fourth-order valence-corrected chi connectivity index (χ4v) is 2.74. The van der Waals surface area contributed by atoms with Gasteiger partial charge in [-0.1, -0.05) is 27.7 Å². The molecule has 0 spiro atoms. The molecule has 1 aromatic heterocycles. The van der Waals surface area contributed by atoms with Crippen molar-refractivity contribution in [3.05, 3.63) is 16.1 Å². The highest BCUT2D eigenvalue weighted by atomic mass is 32.1. The SMILES string of the molecule is COCC(=O)N(Cc1nc(C(=O)NCC(C)C)cs1)CC(C)C. The van der Waals surface area contributed by atoms with E-state index in [1.165, 1.54) is 18.4 Å². The normalized spacial score (nSPS) is 11.1. The van der Waals surface area contributed by atoms with Gasteiger partial charge in [-0.3, -0.25) is 9.59 Å². The average molecular weight is 341 g/mol. The van der Waals surface area contributed by atoms with E-state index in [-0.39, 0.29) is 18.4 Å². The highest BCUT2D eigenvalue weighted by Crippen LogP contribution is 2.14. The van der Waals surface area contributed by atoms with E-state index in [9.17, 15) is 9.59 Å². The van der Waals surface area contributed by atoms with Crippen molar-refractivity contribution in [1.29, 1.82) is 0 Å². The van der Waals surface area contributed by atoms with Gasteiger partial charge in [-0.15, -0.1) is 11.3 Å². The number of rotatable bonds is 9. The molecule has 1 heterocycles. The monoisotopic (exact) mass is 341 g/mol. The number of carbonyl (C=O) groups excluding carboxylic acids is 2. The molecule has 0 aromatic carbocycles. The number of ether oxygens (including phenoxy) is 1. The minimum atomic E-state index is -0.167. The summed E-state index contributed by atoms with van der Waals surface area (Å²) in [4.78, 5) is 30.2. The first kappa shape index (κ1) is 19.6. The summed E-state index contributed by atoms with van der Waals surface area (Å²) in [6.45, 7) is 9.91. The highest BCUT2D eigenvalue weighted by molar-refractivity contribution is 7.09. The van der Waals surface area contributed by atoms with Gasteiger partial charge in [0, 0.05) is 25.6 Å². The zero-order valence-corrected chi connectivity index (χ0v) is 15.4. The number of carbonyl (C=O) groups is 2. The number of methoxy groups -OCH3 is 1. The third-order valence-electron chi connectivity index (χ3n) is 2.99. The van der Waals surface area contributed by atoms with E-state index in [2.05, 4.69) is 24.1 Å². The Morgan fingerprint density at radius 3 is 2.57 bits per heavy atom. The molecular formula is C16H27N3O3S. The van der Waals surface area contributed by atoms with E-state index in [1.807, 2.05) is 13.8 Å². The van der Waals surface area contributed by atoms with Gasteiger partial charge in [0.25, 0.3) is 5.91 Å². The third kappa shape index (κ3) is 7.09. The second-order valence-electron chi connectivity index (χ2n) is 6.33. The maximum atomic E-state index is 12.1. The van der Waals surface area contributed by atoms with Crippen molar-refractivity contribution in [1.82, 2.24) is 15.2 Å². The lowest BCUT2D eigenvalue weighted by atomic mass is 10.2. The van der Waals surface area contributed by atoms with Crippen molar-refractivity contribution < 1.29 is 14.3 Å². The smallest absolute Gasteiger partial charge is 0.270 e. The molecule has 130 valence electrons. The number of thiazole rings is 1. The predicted molar refractivity (Wildman–Crippen MR) is 91.4 cm³/mol. The van der Waals surface area contributed by atoms with Gasteiger partial charge in [-0.25, -0.2) is 4.98 Å². The first-order valence-corrected chi connectivity index (χ1v) is 8.70. The molecule has 2 amide bonds. The Morgan fingerprint density at radius 2 is 2.00 bits per heavy atom. The van der Waals surface area contributed by atoms with E-state index in [0.29, 0.717) is 37.2 Å². The molecule has 23 heavy (non-hydrogen) atoms. The van der Waals surface area contributed by atoms with E-state index in [1.54, 1.807) is 10.3 Å². The van der Waals surface area contributed by atoms with E-state index < -0.39 is 0 Å². The molecule has 0 aliphatic heterocycles. The van der Waals surface area contributed by atoms with Crippen LogP contribution in [0.1, 0.15) is 43.2 Å². The van der Waals surface area contributed by atoms with Gasteiger partial charge in [0.1, 0.15) is 17.3 Å².